The first-order chi connectivity index (χ1) is 16.2. The number of halogens is 3. The molecule has 0 bridgehead atoms. The molecule has 0 spiro atoms. The Morgan fingerprint density at radius 2 is 2.09 bits per heavy atom. The van der Waals surface area contributed by atoms with E-state index >= 15 is 0 Å². The minimum Gasteiger partial charge on any atom is -0.496 e. The second-order valence-electron chi connectivity index (χ2n) is 7.92. The number of hydrogen-bond donors (Lipinski definition) is 1. The lowest BCUT2D eigenvalue weighted by atomic mass is 10.1. The molecule has 1 atom stereocenters. The van der Waals surface area contributed by atoms with Gasteiger partial charge in [-0.05, 0) is 67.0 Å². The molecule has 2 fully saturated rings. The first kappa shape index (κ1) is 24.0. The molecule has 6 nitrogen and oxygen atoms in total. The number of hydrogen-bond acceptors (Lipinski definition) is 5. The van der Waals surface area contributed by atoms with Crippen LogP contribution in [-0.4, -0.2) is 42.3 Å². The molecule has 180 valence electrons. The fourth-order valence-corrected chi connectivity index (χ4v) is 4.09. The molecular formula is C24H23F3N2O4S. The van der Waals surface area contributed by atoms with Crippen LogP contribution < -0.4 is 14.8 Å². The molecule has 0 aliphatic carbocycles. The third kappa shape index (κ3) is 5.51. The van der Waals surface area contributed by atoms with E-state index < -0.39 is 11.7 Å². The summed E-state index contributed by atoms with van der Waals surface area (Å²) in [6, 6.07) is 9.90. The summed E-state index contributed by atoms with van der Waals surface area (Å²) in [5, 5.41) is 3.27. The average Bonchev–Trinajstić information content (AvgIpc) is 3.41. The van der Waals surface area contributed by atoms with E-state index in [1.54, 1.807) is 24.3 Å². The van der Waals surface area contributed by atoms with Gasteiger partial charge >= 0.3 is 6.18 Å². The smallest absolute Gasteiger partial charge is 0.416 e. The number of ether oxygens (including phenoxy) is 3. The number of nitrogens with one attached hydrogen (secondary N) is 1. The zero-order chi connectivity index (χ0) is 24.3. The molecule has 0 aromatic heterocycles. The van der Waals surface area contributed by atoms with Crippen molar-refractivity contribution >= 4 is 29.3 Å². The molecule has 1 unspecified atom stereocenters. The van der Waals surface area contributed by atoms with Gasteiger partial charge in [0.15, 0.2) is 5.11 Å². The molecule has 1 N–H and O–H groups in total. The molecule has 4 rings (SSSR count). The summed E-state index contributed by atoms with van der Waals surface area (Å²) in [4.78, 5) is 14.3. The number of carbonyl (C=O) groups is 1. The standard InChI is InChI=1S/C24H23F3N2O4S/c1-31-21-8-7-15(10-16(21)14-33-18-5-2-4-17(12-18)24(25,26)27)11-20-22(30)29(23(34)28-20)13-19-6-3-9-32-19/h2,4-5,7-8,10-12,19H,3,6,9,13-14H2,1H3,(H,28,34)/b20-11+. The fraction of sp³-hybridized carbons (Fsp3) is 0.333. The third-order valence-electron chi connectivity index (χ3n) is 5.54. The SMILES string of the molecule is COc1ccc(/C=C2/NC(=S)N(CC3CCCO3)C2=O)cc1COc1cccc(C(F)(F)F)c1. The quantitative estimate of drug-likeness (QED) is 0.453. The zero-order valence-electron chi connectivity index (χ0n) is 18.4. The predicted molar refractivity (Wildman–Crippen MR) is 123 cm³/mol. The van der Waals surface area contributed by atoms with E-state index in [2.05, 4.69) is 5.32 Å². The Bertz CT molecular complexity index is 1110. The van der Waals surface area contributed by atoms with E-state index in [1.807, 2.05) is 0 Å². The highest BCUT2D eigenvalue weighted by Gasteiger charge is 2.33. The molecule has 10 heteroatoms. The first-order valence-electron chi connectivity index (χ1n) is 10.7. The lowest BCUT2D eigenvalue weighted by molar-refractivity contribution is -0.137. The van der Waals surface area contributed by atoms with Gasteiger partial charge in [-0.2, -0.15) is 13.2 Å². The molecule has 0 radical (unpaired) electrons. The van der Waals surface area contributed by atoms with Gasteiger partial charge in [-0.3, -0.25) is 9.69 Å². The predicted octanol–water partition coefficient (Wildman–Crippen LogP) is 4.53. The Balaban J connectivity index is 1.49. The van der Waals surface area contributed by atoms with E-state index in [4.69, 9.17) is 26.4 Å². The van der Waals surface area contributed by atoms with Crippen molar-refractivity contribution in [2.24, 2.45) is 0 Å². The van der Waals surface area contributed by atoms with Crippen molar-refractivity contribution in [1.82, 2.24) is 10.2 Å². The van der Waals surface area contributed by atoms with Crippen molar-refractivity contribution in [3.8, 4) is 11.5 Å². The summed E-state index contributed by atoms with van der Waals surface area (Å²) < 4.78 is 55.4. The van der Waals surface area contributed by atoms with Gasteiger partial charge in [0, 0.05) is 12.2 Å². The first-order valence-corrected chi connectivity index (χ1v) is 11.1. The topological polar surface area (TPSA) is 60.0 Å². The number of nitrogens with zero attached hydrogens (tertiary/aromatic N) is 1. The van der Waals surface area contributed by atoms with Crippen LogP contribution in [0.2, 0.25) is 0 Å². The fourth-order valence-electron chi connectivity index (χ4n) is 3.82. The molecule has 2 aromatic carbocycles. The molecule has 2 aromatic rings. The Hall–Kier alpha value is -3.11. The Labute approximate surface area is 200 Å². The van der Waals surface area contributed by atoms with E-state index in [1.165, 1.54) is 24.1 Å². The summed E-state index contributed by atoms with van der Waals surface area (Å²) in [6.07, 6.45) is -0.963. The summed E-state index contributed by atoms with van der Waals surface area (Å²) in [5.74, 6) is 0.358. The molecule has 0 saturated carbocycles. The van der Waals surface area contributed by atoms with Crippen LogP contribution in [0, 0.1) is 0 Å². The van der Waals surface area contributed by atoms with Crippen molar-refractivity contribution in [2.45, 2.75) is 31.7 Å². The third-order valence-corrected chi connectivity index (χ3v) is 5.87. The van der Waals surface area contributed by atoms with Gasteiger partial charge in [-0.15, -0.1) is 0 Å². The van der Waals surface area contributed by atoms with Gasteiger partial charge in [0.2, 0.25) is 0 Å². The summed E-state index contributed by atoms with van der Waals surface area (Å²) in [5.41, 5.74) is 0.835. The van der Waals surface area contributed by atoms with Crippen LogP contribution in [0.25, 0.3) is 6.08 Å². The number of rotatable bonds is 7. The molecule has 2 saturated heterocycles. The Morgan fingerprint density at radius 1 is 1.26 bits per heavy atom. The second-order valence-corrected chi connectivity index (χ2v) is 8.31. The van der Waals surface area contributed by atoms with E-state index in [0.717, 1.165) is 25.0 Å². The van der Waals surface area contributed by atoms with Crippen LogP contribution in [0.1, 0.15) is 29.5 Å². The summed E-state index contributed by atoms with van der Waals surface area (Å²) >= 11 is 5.32. The molecule has 2 aliphatic heterocycles. The average molecular weight is 493 g/mol. The molecule has 34 heavy (non-hydrogen) atoms. The number of carbonyl (C=O) groups excluding carboxylic acids is 1. The number of thiocarbonyl (C=S) groups is 1. The van der Waals surface area contributed by atoms with Gasteiger partial charge in [-0.1, -0.05) is 12.1 Å². The Kier molecular flexibility index (Phi) is 7.08. The monoisotopic (exact) mass is 492 g/mol. The van der Waals surface area contributed by atoms with Gasteiger partial charge in [-0.25, -0.2) is 0 Å². The molecular weight excluding hydrogens is 469 g/mol. The van der Waals surface area contributed by atoms with Crippen LogP contribution in [-0.2, 0) is 22.3 Å². The van der Waals surface area contributed by atoms with Crippen molar-refractivity contribution in [1.29, 1.82) is 0 Å². The van der Waals surface area contributed by atoms with Gasteiger partial charge in [0.1, 0.15) is 23.8 Å². The van der Waals surface area contributed by atoms with Crippen LogP contribution >= 0.6 is 12.2 Å². The number of amides is 1. The van der Waals surface area contributed by atoms with E-state index in [-0.39, 0.29) is 24.4 Å². The highest BCUT2D eigenvalue weighted by molar-refractivity contribution is 7.80. The molecule has 2 heterocycles. The largest absolute Gasteiger partial charge is 0.496 e. The number of alkyl halides is 3. The minimum atomic E-state index is -4.46. The normalized spacial score (nSPS) is 19.6. The second kappa shape index (κ2) is 10.0. The van der Waals surface area contributed by atoms with Crippen molar-refractivity contribution < 1.29 is 32.2 Å². The van der Waals surface area contributed by atoms with Gasteiger partial charge < -0.3 is 19.5 Å². The van der Waals surface area contributed by atoms with Crippen LogP contribution in [0.15, 0.2) is 48.2 Å². The van der Waals surface area contributed by atoms with Gasteiger partial charge in [0.25, 0.3) is 5.91 Å². The van der Waals surface area contributed by atoms with Crippen LogP contribution in [0.4, 0.5) is 13.2 Å². The molecule has 2 aliphatic rings. The minimum absolute atomic E-state index is 0.0214. The maximum absolute atomic E-state index is 13.0. The van der Waals surface area contributed by atoms with Gasteiger partial charge in [0.05, 0.1) is 25.3 Å². The van der Waals surface area contributed by atoms with Crippen molar-refractivity contribution in [2.75, 3.05) is 20.3 Å². The molecule has 1 amide bonds. The highest BCUT2D eigenvalue weighted by Crippen LogP contribution is 2.32. The zero-order valence-corrected chi connectivity index (χ0v) is 19.2. The van der Waals surface area contributed by atoms with E-state index in [9.17, 15) is 18.0 Å². The maximum Gasteiger partial charge on any atom is 0.416 e. The van der Waals surface area contributed by atoms with Crippen molar-refractivity contribution in [3.63, 3.8) is 0 Å². The highest BCUT2D eigenvalue weighted by atomic mass is 32.1. The van der Waals surface area contributed by atoms with Crippen LogP contribution in [0.5, 0.6) is 11.5 Å². The van der Waals surface area contributed by atoms with Crippen LogP contribution in [0.3, 0.4) is 0 Å². The van der Waals surface area contributed by atoms with Crippen molar-refractivity contribution in [3.05, 3.63) is 64.9 Å². The Morgan fingerprint density at radius 3 is 2.79 bits per heavy atom. The number of benzene rings is 2. The maximum atomic E-state index is 13.0. The van der Waals surface area contributed by atoms with E-state index in [0.29, 0.717) is 40.8 Å². The summed E-state index contributed by atoms with van der Waals surface area (Å²) in [7, 11) is 1.49. The lowest BCUT2D eigenvalue weighted by Crippen LogP contribution is -2.37. The number of methoxy groups -OCH3 is 1. The lowest BCUT2D eigenvalue weighted by Gasteiger charge is -2.18. The summed E-state index contributed by atoms with van der Waals surface area (Å²) in [6.45, 7) is 1.07.